The zero-order chi connectivity index (χ0) is 28.0. The Hall–Kier alpha value is -2.90. The number of carbonyl (C=O) groups is 4. The van der Waals surface area contributed by atoms with Crippen LogP contribution in [0.1, 0.15) is 67.7 Å². The lowest BCUT2D eigenvalue weighted by molar-refractivity contribution is -0.206. The van der Waals surface area contributed by atoms with Crippen LogP contribution in [0.2, 0.25) is 0 Å². The Labute approximate surface area is 223 Å². The van der Waals surface area contributed by atoms with Gasteiger partial charge in [0, 0.05) is 36.2 Å². The maximum absolute atomic E-state index is 13.0. The van der Waals surface area contributed by atoms with Gasteiger partial charge in [0.05, 0.1) is 5.92 Å². The fourth-order valence-electron chi connectivity index (χ4n) is 9.18. The third kappa shape index (κ3) is 3.40. The summed E-state index contributed by atoms with van der Waals surface area (Å²) in [5.74, 6) is -2.93. The first-order valence-corrected chi connectivity index (χ1v) is 13.5. The number of carbonyl (C=O) groups excluding carboxylic acids is 4. The number of cyclic esters (lactones) is 1. The van der Waals surface area contributed by atoms with Crippen LogP contribution in [-0.4, -0.2) is 41.0 Å². The van der Waals surface area contributed by atoms with Gasteiger partial charge in [-0.3, -0.25) is 19.2 Å². The smallest absolute Gasteiger partial charge is 0.321 e. The Morgan fingerprint density at radius 2 is 1.53 bits per heavy atom. The third-order valence-electron chi connectivity index (χ3n) is 10.9. The highest BCUT2D eigenvalue weighted by atomic mass is 16.6. The standard InChI is InChI=1S/C30H38O8/c1-15(31)36-23-14-21-28(5)11-10-22(33)27(3,4)20(28)13-24(37-16(2)32)30(21,7)19-9-8-18(29(19,23)6)17-12-25(34)38-26(17)35/h9-12,17-18,20-21,23-24,34H,8,13-14H2,1-7H3/t17?,18-,20-,21+,23-,24+,28-,29-,30-/m0/s1. The molecule has 0 saturated heterocycles. The summed E-state index contributed by atoms with van der Waals surface area (Å²) in [5, 5.41) is 9.96. The summed E-state index contributed by atoms with van der Waals surface area (Å²) < 4.78 is 17.1. The van der Waals surface area contributed by atoms with Crippen molar-refractivity contribution in [2.75, 3.05) is 0 Å². The predicted molar refractivity (Wildman–Crippen MR) is 136 cm³/mol. The minimum Gasteiger partial charge on any atom is -0.481 e. The number of allylic oxidation sites excluding steroid dienone is 3. The second-order valence-corrected chi connectivity index (χ2v) is 13.0. The van der Waals surface area contributed by atoms with Crippen molar-refractivity contribution in [1.82, 2.24) is 0 Å². The Kier molecular flexibility index (Phi) is 5.83. The van der Waals surface area contributed by atoms with E-state index in [0.717, 1.165) is 5.57 Å². The van der Waals surface area contributed by atoms with Crippen LogP contribution in [0.15, 0.2) is 35.8 Å². The van der Waals surface area contributed by atoms with Crippen LogP contribution >= 0.6 is 0 Å². The molecular weight excluding hydrogens is 488 g/mol. The van der Waals surface area contributed by atoms with Gasteiger partial charge in [-0.25, -0.2) is 0 Å². The molecule has 8 heteroatoms. The molecule has 0 amide bonds. The molecule has 38 heavy (non-hydrogen) atoms. The molecule has 0 aromatic heterocycles. The quantitative estimate of drug-likeness (QED) is 0.322. The number of aliphatic hydroxyl groups is 1. The highest BCUT2D eigenvalue weighted by Crippen LogP contribution is 2.73. The number of esters is 3. The second-order valence-electron chi connectivity index (χ2n) is 13.0. The number of hydrogen-bond acceptors (Lipinski definition) is 8. The number of fused-ring (bicyclic) bond motifs is 5. The van der Waals surface area contributed by atoms with Crippen molar-refractivity contribution in [3.8, 4) is 0 Å². The SMILES string of the molecule is CC(=O)O[C@H]1C[C@@H]2[C@@]3(C)C=CC(=O)C(C)(C)[C@@H]3C[C@@H](OC(C)=O)[C@@]2(C)C2=CC[C@@H](C3C=C(O)OC3=O)[C@@]21C. The molecule has 2 saturated carbocycles. The molecule has 4 aliphatic carbocycles. The van der Waals surface area contributed by atoms with E-state index in [-0.39, 0.29) is 29.5 Å². The van der Waals surface area contributed by atoms with Crippen molar-refractivity contribution in [2.24, 2.45) is 45.3 Å². The van der Waals surface area contributed by atoms with Gasteiger partial charge < -0.3 is 19.3 Å². The summed E-state index contributed by atoms with van der Waals surface area (Å²) in [6.07, 6.45) is 7.68. The molecule has 9 atom stereocenters. The molecule has 8 nitrogen and oxygen atoms in total. The van der Waals surface area contributed by atoms with E-state index in [2.05, 4.69) is 19.9 Å². The van der Waals surface area contributed by atoms with Crippen molar-refractivity contribution < 1.29 is 38.5 Å². The lowest BCUT2D eigenvalue weighted by Gasteiger charge is -2.67. The normalized spacial score (nSPS) is 44.7. The number of rotatable bonds is 3. The van der Waals surface area contributed by atoms with Gasteiger partial charge in [0.2, 0.25) is 0 Å². The summed E-state index contributed by atoms with van der Waals surface area (Å²) in [7, 11) is 0. The van der Waals surface area contributed by atoms with Crippen LogP contribution in [0.3, 0.4) is 0 Å². The Bertz CT molecular complexity index is 1210. The van der Waals surface area contributed by atoms with Crippen molar-refractivity contribution in [2.45, 2.75) is 79.9 Å². The lowest BCUT2D eigenvalue weighted by Crippen LogP contribution is -2.67. The highest BCUT2D eigenvalue weighted by molar-refractivity contribution is 5.95. The molecule has 1 aliphatic heterocycles. The molecule has 0 aromatic carbocycles. The zero-order valence-corrected chi connectivity index (χ0v) is 23.2. The molecule has 2 fully saturated rings. The van der Waals surface area contributed by atoms with Crippen LogP contribution in [-0.2, 0) is 33.4 Å². The van der Waals surface area contributed by atoms with Crippen LogP contribution in [0, 0.1) is 45.3 Å². The van der Waals surface area contributed by atoms with Gasteiger partial charge in [-0.1, -0.05) is 52.3 Å². The van der Waals surface area contributed by atoms with Gasteiger partial charge in [-0.05, 0) is 48.5 Å². The molecule has 1 N–H and O–H groups in total. The summed E-state index contributed by atoms with van der Waals surface area (Å²) in [6, 6.07) is 0. The van der Waals surface area contributed by atoms with E-state index in [0.29, 0.717) is 19.3 Å². The molecule has 5 rings (SSSR count). The van der Waals surface area contributed by atoms with E-state index < -0.39 is 57.7 Å². The fraction of sp³-hybridized carbons (Fsp3) is 0.667. The van der Waals surface area contributed by atoms with E-state index in [4.69, 9.17) is 14.2 Å². The molecule has 1 unspecified atom stereocenters. The van der Waals surface area contributed by atoms with Crippen molar-refractivity contribution in [3.63, 3.8) is 0 Å². The van der Waals surface area contributed by atoms with E-state index in [1.807, 2.05) is 26.8 Å². The van der Waals surface area contributed by atoms with Gasteiger partial charge in [0.15, 0.2) is 5.78 Å². The fourth-order valence-corrected chi connectivity index (χ4v) is 9.18. The van der Waals surface area contributed by atoms with Crippen molar-refractivity contribution >= 4 is 23.7 Å². The van der Waals surface area contributed by atoms with E-state index in [9.17, 15) is 24.3 Å². The van der Waals surface area contributed by atoms with Crippen molar-refractivity contribution in [3.05, 3.63) is 35.8 Å². The van der Waals surface area contributed by atoms with E-state index in [1.54, 1.807) is 6.08 Å². The highest BCUT2D eigenvalue weighted by Gasteiger charge is 2.71. The van der Waals surface area contributed by atoms with Crippen LogP contribution in [0.25, 0.3) is 0 Å². The van der Waals surface area contributed by atoms with E-state index in [1.165, 1.54) is 19.9 Å². The van der Waals surface area contributed by atoms with Gasteiger partial charge in [-0.2, -0.15) is 0 Å². The maximum atomic E-state index is 13.0. The van der Waals surface area contributed by atoms with Gasteiger partial charge >= 0.3 is 17.9 Å². The summed E-state index contributed by atoms with van der Waals surface area (Å²) in [4.78, 5) is 50.7. The minimum atomic E-state index is -0.771. The monoisotopic (exact) mass is 526 g/mol. The van der Waals surface area contributed by atoms with Gasteiger partial charge in [0.1, 0.15) is 12.2 Å². The number of aliphatic hydroxyl groups excluding tert-OH is 1. The molecular formula is C30H38O8. The number of hydrogen-bond donors (Lipinski definition) is 1. The third-order valence-corrected chi connectivity index (χ3v) is 10.9. The Morgan fingerprint density at radius 1 is 0.947 bits per heavy atom. The first-order valence-electron chi connectivity index (χ1n) is 13.5. The number of ketones is 1. The Morgan fingerprint density at radius 3 is 2.08 bits per heavy atom. The van der Waals surface area contributed by atoms with Gasteiger partial charge in [0.25, 0.3) is 5.95 Å². The average molecular weight is 527 g/mol. The summed E-state index contributed by atoms with van der Waals surface area (Å²) >= 11 is 0. The maximum Gasteiger partial charge on any atom is 0.321 e. The molecule has 0 radical (unpaired) electrons. The molecule has 5 aliphatic rings. The average Bonchev–Trinajstić information content (AvgIpc) is 3.33. The summed E-state index contributed by atoms with van der Waals surface area (Å²) in [5.41, 5.74) is -1.52. The molecule has 0 bridgehead atoms. The molecule has 1 heterocycles. The van der Waals surface area contributed by atoms with Crippen LogP contribution < -0.4 is 0 Å². The first-order chi connectivity index (χ1) is 17.6. The largest absolute Gasteiger partial charge is 0.481 e. The summed E-state index contributed by atoms with van der Waals surface area (Å²) in [6.45, 7) is 13.0. The minimum absolute atomic E-state index is 0.0498. The zero-order valence-electron chi connectivity index (χ0n) is 23.2. The van der Waals surface area contributed by atoms with Crippen LogP contribution in [0.4, 0.5) is 0 Å². The van der Waals surface area contributed by atoms with Crippen LogP contribution in [0.5, 0.6) is 0 Å². The molecule has 0 spiro atoms. The van der Waals surface area contributed by atoms with Gasteiger partial charge in [-0.15, -0.1) is 0 Å². The first kappa shape index (κ1) is 26.7. The molecule has 206 valence electrons. The number of ether oxygens (including phenoxy) is 3. The topological polar surface area (TPSA) is 116 Å². The van der Waals surface area contributed by atoms with Crippen molar-refractivity contribution in [1.29, 1.82) is 0 Å². The van der Waals surface area contributed by atoms with E-state index >= 15 is 0 Å². The lowest BCUT2D eigenvalue weighted by atomic mass is 9.38. The Balaban J connectivity index is 1.70. The predicted octanol–water partition coefficient (Wildman–Crippen LogP) is 4.59. The second kappa shape index (κ2) is 8.30. The molecule has 0 aromatic rings.